The first-order valence-electron chi connectivity index (χ1n) is 8.91. The van der Waals surface area contributed by atoms with Gasteiger partial charge in [-0.1, -0.05) is 74.6 Å². The third-order valence-electron chi connectivity index (χ3n) is 4.88. The van der Waals surface area contributed by atoms with Crippen LogP contribution in [0.5, 0.6) is 0 Å². The smallest absolute Gasteiger partial charge is 0.0153 e. The average Bonchev–Trinajstić information content (AvgIpc) is 2.58. The molecule has 0 heteroatoms. The zero-order valence-electron chi connectivity index (χ0n) is 14.7. The van der Waals surface area contributed by atoms with Gasteiger partial charge in [0.1, 0.15) is 0 Å². The SMILES string of the molecule is C=CCCC1/C=C(/c2ccc(CC)cc2)C(C)C/C=C(\C=C)C1. The van der Waals surface area contributed by atoms with E-state index in [1.54, 1.807) is 0 Å². The molecule has 0 bridgehead atoms. The summed E-state index contributed by atoms with van der Waals surface area (Å²) in [6.07, 6.45) is 14.5. The first kappa shape index (κ1) is 17.5. The van der Waals surface area contributed by atoms with Crippen molar-refractivity contribution < 1.29 is 0 Å². The number of hydrogen-bond donors (Lipinski definition) is 0. The molecule has 2 unspecified atom stereocenters. The van der Waals surface area contributed by atoms with Gasteiger partial charge in [0, 0.05) is 0 Å². The Balaban J connectivity index is 2.32. The summed E-state index contributed by atoms with van der Waals surface area (Å²) in [5.41, 5.74) is 5.68. The van der Waals surface area contributed by atoms with Crippen LogP contribution in [0.3, 0.4) is 0 Å². The average molecular weight is 306 g/mol. The number of aryl methyl sites for hydroxylation is 1. The molecule has 0 heterocycles. The van der Waals surface area contributed by atoms with Crippen LogP contribution in [0.25, 0.3) is 5.57 Å². The third kappa shape index (κ3) is 4.82. The molecule has 0 saturated heterocycles. The van der Waals surface area contributed by atoms with Gasteiger partial charge in [0.15, 0.2) is 0 Å². The third-order valence-corrected chi connectivity index (χ3v) is 4.88. The van der Waals surface area contributed by atoms with Gasteiger partial charge in [-0.15, -0.1) is 6.58 Å². The Labute approximate surface area is 142 Å². The summed E-state index contributed by atoms with van der Waals surface area (Å²) in [6, 6.07) is 9.13. The van der Waals surface area contributed by atoms with Gasteiger partial charge in [0.2, 0.25) is 0 Å². The van der Waals surface area contributed by atoms with E-state index in [1.165, 1.54) is 22.3 Å². The van der Waals surface area contributed by atoms with Crippen molar-refractivity contribution >= 4 is 5.57 Å². The van der Waals surface area contributed by atoms with Gasteiger partial charge in [0.25, 0.3) is 0 Å². The summed E-state index contributed by atoms with van der Waals surface area (Å²) in [6.45, 7) is 12.4. The van der Waals surface area contributed by atoms with Crippen LogP contribution in [0.4, 0.5) is 0 Å². The highest BCUT2D eigenvalue weighted by Gasteiger charge is 2.17. The zero-order chi connectivity index (χ0) is 16.7. The molecule has 23 heavy (non-hydrogen) atoms. The number of allylic oxidation sites excluding steroid dienone is 6. The molecule has 0 amide bonds. The molecule has 1 aromatic rings. The minimum Gasteiger partial charge on any atom is -0.103 e. The molecule has 0 fully saturated rings. The van der Waals surface area contributed by atoms with E-state index in [9.17, 15) is 0 Å². The van der Waals surface area contributed by atoms with Gasteiger partial charge in [-0.2, -0.15) is 0 Å². The standard InChI is InChI=1S/C23H30/c1-5-8-9-21-16-20(7-3)11-10-18(4)23(17-21)22-14-12-19(6-2)13-15-22/h5,7,11-15,17-18,21H,1,3,6,8-10,16H2,2,4H3/b20-11+,23-17+. The summed E-state index contributed by atoms with van der Waals surface area (Å²) >= 11 is 0. The maximum atomic E-state index is 3.98. The Morgan fingerprint density at radius 3 is 2.52 bits per heavy atom. The van der Waals surface area contributed by atoms with E-state index < -0.39 is 0 Å². The fourth-order valence-electron chi connectivity index (χ4n) is 3.32. The van der Waals surface area contributed by atoms with Gasteiger partial charge in [0.05, 0.1) is 0 Å². The maximum Gasteiger partial charge on any atom is -0.0153 e. The Hall–Kier alpha value is -1.82. The zero-order valence-corrected chi connectivity index (χ0v) is 14.7. The molecule has 0 nitrogen and oxygen atoms in total. The summed E-state index contributed by atoms with van der Waals surface area (Å²) in [5, 5.41) is 0. The van der Waals surface area contributed by atoms with Crippen LogP contribution < -0.4 is 0 Å². The van der Waals surface area contributed by atoms with Crippen molar-refractivity contribution in [3.63, 3.8) is 0 Å². The van der Waals surface area contributed by atoms with E-state index in [-0.39, 0.29) is 0 Å². The maximum absolute atomic E-state index is 3.98. The van der Waals surface area contributed by atoms with Crippen LogP contribution in [0.2, 0.25) is 0 Å². The van der Waals surface area contributed by atoms with Crippen molar-refractivity contribution in [3.8, 4) is 0 Å². The lowest BCUT2D eigenvalue weighted by molar-refractivity contribution is 0.584. The molecule has 2 rings (SSSR count). The van der Waals surface area contributed by atoms with Crippen molar-refractivity contribution in [2.45, 2.75) is 46.0 Å². The number of rotatable bonds is 6. The lowest BCUT2D eigenvalue weighted by atomic mass is 9.82. The van der Waals surface area contributed by atoms with Crippen molar-refractivity contribution in [2.75, 3.05) is 0 Å². The van der Waals surface area contributed by atoms with Gasteiger partial charge < -0.3 is 0 Å². The first-order chi connectivity index (χ1) is 11.2. The summed E-state index contributed by atoms with van der Waals surface area (Å²) in [4.78, 5) is 0. The fraction of sp³-hybridized carbons (Fsp3) is 0.391. The molecule has 1 aliphatic rings. The molecule has 122 valence electrons. The second-order valence-electron chi connectivity index (χ2n) is 6.62. The van der Waals surface area contributed by atoms with Crippen LogP contribution in [0, 0.1) is 11.8 Å². The van der Waals surface area contributed by atoms with E-state index >= 15 is 0 Å². The molecule has 1 aliphatic carbocycles. The highest BCUT2D eigenvalue weighted by atomic mass is 14.2. The van der Waals surface area contributed by atoms with Gasteiger partial charge in [-0.05, 0) is 60.6 Å². The second-order valence-corrected chi connectivity index (χ2v) is 6.62. The Morgan fingerprint density at radius 1 is 1.17 bits per heavy atom. The van der Waals surface area contributed by atoms with Crippen molar-refractivity contribution in [3.05, 3.63) is 78.4 Å². The molecule has 0 radical (unpaired) electrons. The molecule has 0 aliphatic heterocycles. The Kier molecular flexibility index (Phi) is 6.65. The minimum atomic E-state index is 0.545. The van der Waals surface area contributed by atoms with Gasteiger partial charge in [-0.25, -0.2) is 0 Å². The Morgan fingerprint density at radius 2 is 1.91 bits per heavy atom. The van der Waals surface area contributed by atoms with Gasteiger partial charge in [-0.3, -0.25) is 0 Å². The first-order valence-corrected chi connectivity index (χ1v) is 8.91. The van der Waals surface area contributed by atoms with E-state index in [4.69, 9.17) is 0 Å². The lowest BCUT2D eigenvalue weighted by Gasteiger charge is -2.23. The predicted octanol–water partition coefficient (Wildman–Crippen LogP) is 6.76. The molecule has 0 N–H and O–H groups in total. The minimum absolute atomic E-state index is 0.545. The number of hydrogen-bond acceptors (Lipinski definition) is 0. The van der Waals surface area contributed by atoms with Crippen molar-refractivity contribution in [2.24, 2.45) is 11.8 Å². The predicted molar refractivity (Wildman–Crippen MR) is 103 cm³/mol. The quantitative estimate of drug-likeness (QED) is 0.509. The monoisotopic (exact) mass is 306 g/mol. The summed E-state index contributed by atoms with van der Waals surface area (Å²) < 4.78 is 0. The summed E-state index contributed by atoms with van der Waals surface area (Å²) in [7, 11) is 0. The summed E-state index contributed by atoms with van der Waals surface area (Å²) in [5.74, 6) is 1.12. The van der Waals surface area contributed by atoms with Crippen LogP contribution in [-0.4, -0.2) is 0 Å². The van der Waals surface area contributed by atoms with Crippen LogP contribution in [-0.2, 0) is 6.42 Å². The van der Waals surface area contributed by atoms with Gasteiger partial charge >= 0.3 is 0 Å². The van der Waals surface area contributed by atoms with Crippen LogP contribution >= 0.6 is 0 Å². The topological polar surface area (TPSA) is 0 Å². The molecule has 0 aromatic heterocycles. The Bertz CT molecular complexity index is 583. The molecular formula is C23H30. The van der Waals surface area contributed by atoms with Crippen LogP contribution in [0.15, 0.2) is 67.3 Å². The fourth-order valence-corrected chi connectivity index (χ4v) is 3.32. The molecule has 1 aromatic carbocycles. The van der Waals surface area contributed by atoms with E-state index in [2.05, 4.69) is 63.4 Å². The molecular weight excluding hydrogens is 276 g/mol. The van der Waals surface area contributed by atoms with E-state index in [0.29, 0.717) is 11.8 Å². The van der Waals surface area contributed by atoms with E-state index in [0.717, 1.165) is 32.1 Å². The lowest BCUT2D eigenvalue weighted by Crippen LogP contribution is -2.07. The number of benzene rings is 1. The largest absolute Gasteiger partial charge is 0.103 e. The van der Waals surface area contributed by atoms with Crippen LogP contribution in [0.1, 0.15) is 50.7 Å². The second kappa shape index (κ2) is 8.72. The highest BCUT2D eigenvalue weighted by Crippen LogP contribution is 2.34. The van der Waals surface area contributed by atoms with E-state index in [1.807, 2.05) is 12.2 Å². The molecule has 0 spiro atoms. The van der Waals surface area contributed by atoms with Crippen molar-refractivity contribution in [1.29, 1.82) is 0 Å². The highest BCUT2D eigenvalue weighted by molar-refractivity contribution is 5.68. The van der Waals surface area contributed by atoms with Crippen molar-refractivity contribution in [1.82, 2.24) is 0 Å². The molecule has 2 atom stereocenters. The normalized spacial score (nSPS) is 26.2. The molecule has 0 saturated carbocycles.